The van der Waals surface area contributed by atoms with Crippen LogP contribution < -0.4 is 9.62 Å². The first-order valence-corrected chi connectivity index (χ1v) is 11.1. The number of nitrogens with zero attached hydrogens (tertiary/aromatic N) is 1. The quantitative estimate of drug-likeness (QED) is 0.819. The minimum atomic E-state index is -3.62. The molecule has 0 spiro atoms. The molecule has 5 nitrogen and oxygen atoms in total. The molecule has 7 heteroatoms. The molecular formula is C18H25ClN2O3S. The Labute approximate surface area is 154 Å². The summed E-state index contributed by atoms with van der Waals surface area (Å²) >= 11 is 6.02. The van der Waals surface area contributed by atoms with Crippen LogP contribution in [-0.2, 0) is 14.8 Å². The van der Waals surface area contributed by atoms with Crippen LogP contribution in [0.1, 0.15) is 39.0 Å². The van der Waals surface area contributed by atoms with Crippen molar-refractivity contribution in [2.24, 2.45) is 11.8 Å². The van der Waals surface area contributed by atoms with Gasteiger partial charge in [-0.05, 0) is 55.7 Å². The zero-order chi connectivity index (χ0) is 18.2. The molecule has 4 atom stereocenters. The summed E-state index contributed by atoms with van der Waals surface area (Å²) in [5.74, 6) is 1.05. The largest absolute Gasteiger partial charge is 0.351 e. The third kappa shape index (κ3) is 3.95. The van der Waals surface area contributed by atoms with Crippen LogP contribution in [0.3, 0.4) is 0 Å². The lowest BCUT2D eigenvalue weighted by Gasteiger charge is -2.32. The van der Waals surface area contributed by atoms with Crippen molar-refractivity contribution in [1.82, 2.24) is 5.32 Å². The van der Waals surface area contributed by atoms with E-state index >= 15 is 0 Å². The number of anilines is 1. The maximum Gasteiger partial charge on any atom is 0.244 e. The number of hydrogen-bond donors (Lipinski definition) is 1. The summed E-state index contributed by atoms with van der Waals surface area (Å²) in [6.45, 7) is 1.83. The van der Waals surface area contributed by atoms with Crippen LogP contribution in [0.5, 0.6) is 0 Å². The number of hydrogen-bond acceptors (Lipinski definition) is 3. The van der Waals surface area contributed by atoms with E-state index in [1.165, 1.54) is 17.1 Å². The number of halogens is 1. The van der Waals surface area contributed by atoms with Gasteiger partial charge in [0, 0.05) is 11.1 Å². The molecule has 2 bridgehead atoms. The van der Waals surface area contributed by atoms with Gasteiger partial charge in [-0.3, -0.25) is 9.10 Å². The van der Waals surface area contributed by atoms with Crippen LogP contribution in [0, 0.1) is 11.8 Å². The second kappa shape index (κ2) is 7.16. The topological polar surface area (TPSA) is 66.5 Å². The van der Waals surface area contributed by atoms with Gasteiger partial charge in [0.15, 0.2) is 0 Å². The van der Waals surface area contributed by atoms with Crippen LogP contribution in [0.2, 0.25) is 5.02 Å². The molecule has 0 heterocycles. The van der Waals surface area contributed by atoms with Crippen LogP contribution in [-0.4, -0.2) is 32.7 Å². The molecule has 2 aliphatic carbocycles. The molecule has 3 rings (SSSR count). The van der Waals surface area contributed by atoms with Gasteiger partial charge >= 0.3 is 0 Å². The molecule has 0 saturated heterocycles. The highest BCUT2D eigenvalue weighted by molar-refractivity contribution is 7.92. The van der Waals surface area contributed by atoms with E-state index in [0.29, 0.717) is 29.0 Å². The zero-order valence-electron chi connectivity index (χ0n) is 14.6. The molecule has 1 aromatic carbocycles. The molecule has 2 aliphatic rings. The first-order chi connectivity index (χ1) is 11.8. The Hall–Kier alpha value is -1.27. The van der Waals surface area contributed by atoms with Crippen molar-refractivity contribution >= 4 is 33.2 Å². The standard InChI is InChI=1S/C18H25ClN2O3S/c1-3-17(18(22)20-16-10-12-7-8-13(16)9-12)21(25(2,23)24)15-6-4-5-14(19)11-15/h4-6,11-13,16-17H,3,7-10H2,1-2H3,(H,20,22)/t12-,13-,16+,17-/m1/s1. The second-order valence-corrected chi connectivity index (χ2v) is 9.55. The lowest BCUT2D eigenvalue weighted by molar-refractivity contribution is -0.123. The molecule has 0 unspecified atom stereocenters. The number of nitrogens with one attached hydrogen (secondary N) is 1. The fourth-order valence-corrected chi connectivity index (χ4v) is 5.76. The van der Waals surface area contributed by atoms with Crippen LogP contribution in [0.15, 0.2) is 24.3 Å². The Morgan fingerprint density at radius 3 is 2.64 bits per heavy atom. The van der Waals surface area contributed by atoms with E-state index in [4.69, 9.17) is 11.6 Å². The molecular weight excluding hydrogens is 360 g/mol. The van der Waals surface area contributed by atoms with Gasteiger partial charge in [-0.25, -0.2) is 8.42 Å². The van der Waals surface area contributed by atoms with E-state index in [2.05, 4.69) is 5.32 Å². The Kier molecular flexibility index (Phi) is 5.30. The average Bonchev–Trinajstić information content (AvgIpc) is 3.13. The Morgan fingerprint density at radius 2 is 2.12 bits per heavy atom. The van der Waals surface area contributed by atoms with E-state index in [0.717, 1.165) is 19.1 Å². The van der Waals surface area contributed by atoms with Crippen molar-refractivity contribution < 1.29 is 13.2 Å². The maximum atomic E-state index is 12.9. The lowest BCUT2D eigenvalue weighted by atomic mass is 9.95. The minimum Gasteiger partial charge on any atom is -0.351 e. The van der Waals surface area contributed by atoms with E-state index < -0.39 is 16.1 Å². The van der Waals surface area contributed by atoms with Crippen LogP contribution >= 0.6 is 11.6 Å². The van der Waals surface area contributed by atoms with Crippen molar-refractivity contribution in [3.8, 4) is 0 Å². The highest BCUT2D eigenvalue weighted by Gasteiger charge is 2.41. The molecule has 25 heavy (non-hydrogen) atoms. The number of carbonyl (C=O) groups excluding carboxylic acids is 1. The van der Waals surface area contributed by atoms with Crippen molar-refractivity contribution in [2.75, 3.05) is 10.6 Å². The maximum absolute atomic E-state index is 12.9. The molecule has 2 saturated carbocycles. The Bertz CT molecular complexity index is 752. The highest BCUT2D eigenvalue weighted by atomic mass is 35.5. The second-order valence-electron chi connectivity index (χ2n) is 7.25. The van der Waals surface area contributed by atoms with Crippen LogP contribution in [0.4, 0.5) is 5.69 Å². The van der Waals surface area contributed by atoms with Gasteiger partial charge < -0.3 is 5.32 Å². The number of benzene rings is 1. The van der Waals surface area contributed by atoms with Gasteiger partial charge in [0.25, 0.3) is 0 Å². The van der Waals surface area contributed by atoms with E-state index in [9.17, 15) is 13.2 Å². The first kappa shape index (κ1) is 18.5. The number of sulfonamides is 1. The molecule has 0 aliphatic heterocycles. The van der Waals surface area contributed by atoms with Gasteiger partial charge in [-0.1, -0.05) is 31.0 Å². The number of rotatable bonds is 6. The number of carbonyl (C=O) groups is 1. The van der Waals surface area contributed by atoms with Crippen molar-refractivity contribution in [3.05, 3.63) is 29.3 Å². The van der Waals surface area contributed by atoms with Gasteiger partial charge in [-0.15, -0.1) is 0 Å². The molecule has 138 valence electrons. The Morgan fingerprint density at radius 1 is 1.36 bits per heavy atom. The fraction of sp³-hybridized carbons (Fsp3) is 0.611. The number of amides is 1. The van der Waals surface area contributed by atoms with Gasteiger partial charge in [0.1, 0.15) is 6.04 Å². The normalized spacial score (nSPS) is 26.4. The highest BCUT2D eigenvalue weighted by Crippen LogP contribution is 2.44. The van der Waals surface area contributed by atoms with E-state index in [1.54, 1.807) is 24.3 Å². The van der Waals surface area contributed by atoms with Crippen LogP contribution in [0.25, 0.3) is 0 Å². The third-order valence-corrected chi connectivity index (χ3v) is 6.87. The molecule has 1 N–H and O–H groups in total. The third-order valence-electron chi connectivity index (χ3n) is 5.46. The summed E-state index contributed by atoms with van der Waals surface area (Å²) < 4.78 is 26.0. The number of fused-ring (bicyclic) bond motifs is 2. The Balaban J connectivity index is 1.83. The summed E-state index contributed by atoms with van der Waals surface area (Å²) in [6, 6.07) is 6.03. The zero-order valence-corrected chi connectivity index (χ0v) is 16.2. The van der Waals surface area contributed by atoms with Crippen molar-refractivity contribution in [1.29, 1.82) is 0 Å². The van der Waals surface area contributed by atoms with Gasteiger partial charge in [0.05, 0.1) is 11.9 Å². The fourth-order valence-electron chi connectivity index (χ4n) is 4.37. The van der Waals surface area contributed by atoms with Crippen molar-refractivity contribution in [3.63, 3.8) is 0 Å². The minimum absolute atomic E-state index is 0.182. The predicted octanol–water partition coefficient (Wildman–Crippen LogP) is 3.19. The predicted molar refractivity (Wildman–Crippen MR) is 100 cm³/mol. The smallest absolute Gasteiger partial charge is 0.244 e. The average molecular weight is 385 g/mol. The van der Waals surface area contributed by atoms with E-state index in [1.807, 2.05) is 6.92 Å². The summed E-state index contributed by atoms with van der Waals surface area (Å²) in [5.41, 5.74) is 0.421. The van der Waals surface area contributed by atoms with Gasteiger partial charge in [-0.2, -0.15) is 0 Å². The van der Waals surface area contributed by atoms with Crippen molar-refractivity contribution in [2.45, 2.75) is 51.1 Å². The monoisotopic (exact) mass is 384 g/mol. The van der Waals surface area contributed by atoms with Gasteiger partial charge in [0.2, 0.25) is 15.9 Å². The molecule has 0 radical (unpaired) electrons. The molecule has 2 fully saturated rings. The summed E-state index contributed by atoms with van der Waals surface area (Å²) in [4.78, 5) is 12.9. The van der Waals surface area contributed by atoms with E-state index in [-0.39, 0.29) is 11.9 Å². The molecule has 1 amide bonds. The SMILES string of the molecule is CC[C@H](C(=O)N[C@H]1C[C@@H]2CC[C@@H]1C2)N(c1cccc(Cl)c1)S(C)(=O)=O. The first-order valence-electron chi connectivity index (χ1n) is 8.85. The lowest BCUT2D eigenvalue weighted by Crippen LogP contribution is -2.52. The molecule has 0 aromatic heterocycles. The summed E-state index contributed by atoms with van der Waals surface area (Å²) in [7, 11) is -3.62. The summed E-state index contributed by atoms with van der Waals surface area (Å²) in [6.07, 6.45) is 6.14. The summed E-state index contributed by atoms with van der Waals surface area (Å²) in [5, 5.41) is 3.56. The molecule has 1 aromatic rings.